The van der Waals surface area contributed by atoms with Gasteiger partial charge in [0.05, 0.1) is 6.54 Å². The fourth-order valence-corrected chi connectivity index (χ4v) is 3.23. The highest BCUT2D eigenvalue weighted by atomic mass is 16.6. The molecule has 11 heteroatoms. The number of amides is 3. The van der Waals surface area contributed by atoms with Gasteiger partial charge < -0.3 is 14.5 Å². The number of aromatic nitrogens is 2. The first kappa shape index (κ1) is 19.6. The molecule has 2 fully saturated rings. The molecule has 1 aromatic heterocycles. The first-order chi connectivity index (χ1) is 13.3. The molecule has 152 valence electrons. The minimum absolute atomic E-state index is 0.0289. The van der Waals surface area contributed by atoms with Crippen molar-refractivity contribution < 1.29 is 19.1 Å². The molecule has 0 unspecified atom stereocenters. The van der Waals surface area contributed by atoms with E-state index in [1.54, 1.807) is 16.7 Å². The molecule has 2 aliphatic heterocycles. The van der Waals surface area contributed by atoms with Crippen LogP contribution < -0.4 is 11.2 Å². The second-order valence-corrected chi connectivity index (χ2v) is 6.85. The molecule has 2 saturated heterocycles. The highest BCUT2D eigenvalue weighted by Gasteiger charge is 2.28. The Morgan fingerprint density at radius 1 is 1.00 bits per heavy atom. The molecule has 3 rings (SSSR count). The van der Waals surface area contributed by atoms with Crippen LogP contribution in [0, 0.1) is 6.92 Å². The second-order valence-electron chi connectivity index (χ2n) is 6.85. The fraction of sp³-hybridized carbons (Fsp3) is 0.588. The Morgan fingerprint density at radius 3 is 2.25 bits per heavy atom. The van der Waals surface area contributed by atoms with E-state index in [0.29, 0.717) is 44.7 Å². The van der Waals surface area contributed by atoms with Gasteiger partial charge in [0.25, 0.3) is 5.56 Å². The third kappa shape index (κ3) is 4.41. The van der Waals surface area contributed by atoms with Crippen molar-refractivity contribution in [2.24, 2.45) is 0 Å². The summed E-state index contributed by atoms with van der Waals surface area (Å²) in [5.74, 6) is -0.438. The van der Waals surface area contributed by atoms with Gasteiger partial charge in [-0.25, -0.2) is 9.59 Å². The lowest BCUT2D eigenvalue weighted by atomic mass is 10.3. The Balaban J connectivity index is 1.57. The summed E-state index contributed by atoms with van der Waals surface area (Å²) >= 11 is 0. The molecule has 11 nitrogen and oxygen atoms in total. The summed E-state index contributed by atoms with van der Waals surface area (Å²) < 4.78 is 5.99. The molecule has 0 aliphatic carbocycles. The van der Waals surface area contributed by atoms with Crippen molar-refractivity contribution >= 4 is 17.9 Å². The van der Waals surface area contributed by atoms with E-state index in [2.05, 4.69) is 4.98 Å². The molecule has 0 atom stereocenters. The Morgan fingerprint density at radius 2 is 1.64 bits per heavy atom. The zero-order valence-electron chi connectivity index (χ0n) is 15.7. The van der Waals surface area contributed by atoms with Crippen molar-refractivity contribution in [3.63, 3.8) is 0 Å². The summed E-state index contributed by atoms with van der Waals surface area (Å²) in [7, 11) is 0. The van der Waals surface area contributed by atoms with Crippen LogP contribution in [0.1, 0.15) is 12.0 Å². The third-order valence-corrected chi connectivity index (χ3v) is 4.87. The van der Waals surface area contributed by atoms with E-state index in [1.165, 1.54) is 15.7 Å². The van der Waals surface area contributed by atoms with Crippen LogP contribution >= 0.6 is 0 Å². The standard InChI is InChI=1S/C17H23N5O6/c1-12-9-22(16(26)18-15(12)25)11-14(24)20-4-2-3-19(5-6-20)13(23)10-21-7-8-28-17(21)27/h9H,2-8,10-11H2,1H3,(H,18,25,26). The number of rotatable bonds is 4. The number of hydrogen-bond donors (Lipinski definition) is 1. The molecule has 2 aliphatic rings. The van der Waals surface area contributed by atoms with Crippen LogP contribution in [0.2, 0.25) is 0 Å². The number of hydrogen-bond acceptors (Lipinski definition) is 6. The maximum Gasteiger partial charge on any atom is 0.410 e. The second kappa shape index (κ2) is 8.28. The normalized spacial score (nSPS) is 17.5. The molecule has 1 N–H and O–H groups in total. The molecule has 0 spiro atoms. The molecule has 28 heavy (non-hydrogen) atoms. The summed E-state index contributed by atoms with van der Waals surface area (Å²) in [6.45, 7) is 3.69. The predicted octanol–water partition coefficient (Wildman–Crippen LogP) is -1.64. The lowest BCUT2D eigenvalue weighted by Gasteiger charge is -2.24. The van der Waals surface area contributed by atoms with Gasteiger partial charge in [0, 0.05) is 37.9 Å². The predicted molar refractivity (Wildman–Crippen MR) is 96.8 cm³/mol. The van der Waals surface area contributed by atoms with Gasteiger partial charge in [-0.05, 0) is 13.3 Å². The van der Waals surface area contributed by atoms with Crippen LogP contribution in [-0.4, -0.2) is 88.0 Å². The Hall–Kier alpha value is -3.11. The molecular weight excluding hydrogens is 370 g/mol. The van der Waals surface area contributed by atoms with E-state index in [0.717, 1.165) is 0 Å². The third-order valence-electron chi connectivity index (χ3n) is 4.87. The van der Waals surface area contributed by atoms with Crippen molar-refractivity contribution in [2.45, 2.75) is 19.9 Å². The summed E-state index contributed by atoms with van der Waals surface area (Å²) in [5.41, 5.74) is -0.756. The zero-order chi connectivity index (χ0) is 20.3. The number of aryl methyl sites for hydroxylation is 1. The molecule has 0 bridgehead atoms. The van der Waals surface area contributed by atoms with Crippen LogP contribution in [0.3, 0.4) is 0 Å². The van der Waals surface area contributed by atoms with Gasteiger partial charge in [-0.2, -0.15) is 0 Å². The van der Waals surface area contributed by atoms with Gasteiger partial charge in [0.1, 0.15) is 19.7 Å². The number of aromatic amines is 1. The SMILES string of the molecule is Cc1cn(CC(=O)N2CCCN(C(=O)CN3CCOC3=O)CC2)c(=O)[nH]c1=O. The van der Waals surface area contributed by atoms with Crippen molar-refractivity contribution in [3.05, 3.63) is 32.6 Å². The van der Waals surface area contributed by atoms with Crippen LogP contribution in [0.15, 0.2) is 15.8 Å². The zero-order valence-corrected chi connectivity index (χ0v) is 15.7. The number of cyclic esters (lactones) is 1. The molecule has 3 amide bonds. The quantitative estimate of drug-likeness (QED) is 0.654. The molecule has 1 aromatic rings. The topological polar surface area (TPSA) is 125 Å². The molecule has 0 saturated carbocycles. The van der Waals surface area contributed by atoms with Gasteiger partial charge in [-0.3, -0.25) is 28.8 Å². The highest BCUT2D eigenvalue weighted by Crippen LogP contribution is 2.08. The number of nitrogens with one attached hydrogen (secondary N) is 1. The van der Waals surface area contributed by atoms with Gasteiger partial charge in [0.2, 0.25) is 11.8 Å². The van der Waals surface area contributed by atoms with E-state index >= 15 is 0 Å². The number of carbonyl (C=O) groups is 3. The number of H-pyrrole nitrogens is 1. The first-order valence-corrected chi connectivity index (χ1v) is 9.13. The maximum absolute atomic E-state index is 12.6. The Bertz CT molecular complexity index is 891. The Kier molecular flexibility index (Phi) is 5.81. The molecule has 0 radical (unpaired) electrons. The van der Waals surface area contributed by atoms with E-state index in [9.17, 15) is 24.0 Å². The van der Waals surface area contributed by atoms with Crippen LogP contribution in [0.25, 0.3) is 0 Å². The lowest BCUT2D eigenvalue weighted by molar-refractivity contribution is -0.134. The fourth-order valence-electron chi connectivity index (χ4n) is 3.23. The number of ether oxygens (including phenoxy) is 1. The largest absolute Gasteiger partial charge is 0.448 e. The van der Waals surface area contributed by atoms with Crippen LogP contribution in [-0.2, 0) is 20.9 Å². The van der Waals surface area contributed by atoms with Crippen molar-refractivity contribution in [2.75, 3.05) is 45.9 Å². The van der Waals surface area contributed by atoms with Gasteiger partial charge in [0.15, 0.2) is 0 Å². The van der Waals surface area contributed by atoms with Crippen molar-refractivity contribution in [1.29, 1.82) is 0 Å². The maximum atomic E-state index is 12.6. The van der Waals surface area contributed by atoms with Gasteiger partial charge in [-0.1, -0.05) is 0 Å². The molecular formula is C17H23N5O6. The lowest BCUT2D eigenvalue weighted by Crippen LogP contribution is -2.43. The average Bonchev–Trinajstić information content (AvgIpc) is 2.91. The summed E-state index contributed by atoms with van der Waals surface area (Å²) in [5, 5.41) is 0. The van der Waals surface area contributed by atoms with Crippen molar-refractivity contribution in [3.8, 4) is 0 Å². The highest BCUT2D eigenvalue weighted by molar-refractivity contribution is 5.83. The smallest absolute Gasteiger partial charge is 0.410 e. The van der Waals surface area contributed by atoms with E-state index in [4.69, 9.17) is 4.74 Å². The summed E-state index contributed by atoms with van der Waals surface area (Å²) in [6, 6.07) is 0. The minimum Gasteiger partial charge on any atom is -0.448 e. The van der Waals surface area contributed by atoms with Gasteiger partial charge >= 0.3 is 11.8 Å². The molecule has 3 heterocycles. The average molecular weight is 393 g/mol. The Labute approximate surface area is 160 Å². The van der Waals surface area contributed by atoms with Gasteiger partial charge in [-0.15, -0.1) is 0 Å². The summed E-state index contributed by atoms with van der Waals surface area (Å²) in [4.78, 5) is 66.5. The van der Waals surface area contributed by atoms with Crippen molar-refractivity contribution in [1.82, 2.24) is 24.3 Å². The minimum atomic E-state index is -0.631. The van der Waals surface area contributed by atoms with E-state index in [1.807, 2.05) is 0 Å². The van der Waals surface area contributed by atoms with Crippen LogP contribution in [0.4, 0.5) is 4.79 Å². The van der Waals surface area contributed by atoms with E-state index in [-0.39, 0.29) is 31.5 Å². The number of nitrogens with zero attached hydrogens (tertiary/aromatic N) is 4. The van der Waals surface area contributed by atoms with E-state index < -0.39 is 17.3 Å². The molecule has 0 aromatic carbocycles. The van der Waals surface area contributed by atoms with Crippen LogP contribution in [0.5, 0.6) is 0 Å². The monoisotopic (exact) mass is 393 g/mol. The summed E-state index contributed by atoms with van der Waals surface area (Å²) in [6.07, 6.45) is 1.48. The first-order valence-electron chi connectivity index (χ1n) is 9.13. The number of carbonyl (C=O) groups excluding carboxylic acids is 3.